The third-order valence-corrected chi connectivity index (χ3v) is 4.24. The fourth-order valence-electron chi connectivity index (χ4n) is 2.90. The fraction of sp³-hybridized carbons (Fsp3) is 0.0476. The Morgan fingerprint density at radius 2 is 1.55 bits per heavy atom. The van der Waals surface area contributed by atoms with Crippen molar-refractivity contribution in [3.63, 3.8) is 0 Å². The third-order valence-electron chi connectivity index (χ3n) is 4.24. The van der Waals surface area contributed by atoms with Crippen LogP contribution in [0.15, 0.2) is 84.9 Å². The van der Waals surface area contributed by atoms with E-state index in [-0.39, 0.29) is 6.03 Å². The molecule has 4 rings (SSSR count). The molecule has 0 radical (unpaired) electrons. The Morgan fingerprint density at radius 3 is 2.14 bits per heavy atom. The number of anilines is 3. The van der Waals surface area contributed by atoms with E-state index in [1.165, 1.54) is 0 Å². The van der Waals surface area contributed by atoms with Gasteiger partial charge in [-0.1, -0.05) is 48.5 Å². The van der Waals surface area contributed by atoms with Gasteiger partial charge in [0.1, 0.15) is 0 Å². The lowest BCUT2D eigenvalue weighted by Crippen LogP contribution is -2.41. The molecule has 0 saturated carbocycles. The minimum atomic E-state index is -0.369. The first-order chi connectivity index (χ1) is 14.2. The van der Waals surface area contributed by atoms with Crippen LogP contribution in [0.2, 0.25) is 0 Å². The van der Waals surface area contributed by atoms with E-state index in [2.05, 4.69) is 26.3 Å². The molecule has 0 saturated heterocycles. The zero-order valence-corrected chi connectivity index (χ0v) is 15.7. The Morgan fingerprint density at radius 1 is 0.897 bits per heavy atom. The molecule has 3 aromatic carbocycles. The van der Waals surface area contributed by atoms with Crippen LogP contribution in [0.1, 0.15) is 0 Å². The molecule has 0 aliphatic carbocycles. The molecule has 2 N–H and O–H groups in total. The SMILES string of the molecule is Cn1nnnc1-c1cccc(NC(=O)NN(c2ccccc2)c2ccccc2)c1. The van der Waals surface area contributed by atoms with Crippen LogP contribution in [0, 0.1) is 0 Å². The second kappa shape index (κ2) is 8.22. The van der Waals surface area contributed by atoms with Crippen molar-refractivity contribution in [1.82, 2.24) is 25.6 Å². The van der Waals surface area contributed by atoms with Crippen LogP contribution in [0.4, 0.5) is 21.9 Å². The lowest BCUT2D eigenvalue weighted by molar-refractivity contribution is 0.252. The molecule has 1 heterocycles. The minimum Gasteiger partial charge on any atom is -0.307 e. The fourth-order valence-corrected chi connectivity index (χ4v) is 2.90. The Kier molecular flexibility index (Phi) is 5.15. The van der Waals surface area contributed by atoms with Crippen LogP contribution in [-0.4, -0.2) is 26.2 Å². The van der Waals surface area contributed by atoms with Gasteiger partial charge < -0.3 is 5.32 Å². The molecule has 29 heavy (non-hydrogen) atoms. The number of nitrogens with one attached hydrogen (secondary N) is 2. The summed E-state index contributed by atoms with van der Waals surface area (Å²) in [4.78, 5) is 12.7. The molecule has 2 amide bonds. The molecule has 8 heteroatoms. The number of rotatable bonds is 5. The molecule has 0 unspecified atom stereocenters. The molecule has 0 aliphatic rings. The van der Waals surface area contributed by atoms with E-state index < -0.39 is 0 Å². The summed E-state index contributed by atoms with van der Waals surface area (Å²) in [7, 11) is 1.76. The average molecular weight is 385 g/mol. The van der Waals surface area contributed by atoms with Crippen LogP contribution in [0.5, 0.6) is 0 Å². The number of hydrogen-bond donors (Lipinski definition) is 2. The van der Waals surface area contributed by atoms with Crippen molar-refractivity contribution >= 4 is 23.1 Å². The number of para-hydroxylation sites is 2. The van der Waals surface area contributed by atoms with Gasteiger partial charge in [-0.2, -0.15) is 0 Å². The van der Waals surface area contributed by atoms with Gasteiger partial charge in [-0.3, -0.25) is 5.01 Å². The van der Waals surface area contributed by atoms with Gasteiger partial charge >= 0.3 is 6.03 Å². The van der Waals surface area contributed by atoms with Crippen LogP contribution in [0.3, 0.4) is 0 Å². The first-order valence-corrected chi connectivity index (χ1v) is 9.01. The summed E-state index contributed by atoms with van der Waals surface area (Å²) in [6.07, 6.45) is 0. The Labute approximate surface area is 167 Å². The molecular formula is C21H19N7O. The number of aromatic nitrogens is 4. The predicted octanol–water partition coefficient (Wildman–Crippen LogP) is 3.75. The number of amides is 2. The maximum atomic E-state index is 12.7. The number of aryl methyl sites for hydroxylation is 1. The molecule has 4 aromatic rings. The second-order valence-corrected chi connectivity index (χ2v) is 6.28. The first kappa shape index (κ1) is 18.2. The molecule has 144 valence electrons. The summed E-state index contributed by atoms with van der Waals surface area (Å²) in [6.45, 7) is 0. The average Bonchev–Trinajstić information content (AvgIpc) is 3.19. The molecule has 0 bridgehead atoms. The van der Waals surface area contributed by atoms with Crippen molar-refractivity contribution in [2.75, 3.05) is 10.3 Å². The van der Waals surface area contributed by atoms with Gasteiger partial charge in [0, 0.05) is 18.3 Å². The number of tetrazole rings is 1. The largest absolute Gasteiger partial charge is 0.338 e. The van der Waals surface area contributed by atoms with Crippen LogP contribution in [0.25, 0.3) is 11.4 Å². The van der Waals surface area contributed by atoms with E-state index in [9.17, 15) is 4.79 Å². The molecule has 1 aromatic heterocycles. The van der Waals surface area contributed by atoms with E-state index in [1.54, 1.807) is 16.7 Å². The highest BCUT2D eigenvalue weighted by molar-refractivity contribution is 5.92. The smallest absolute Gasteiger partial charge is 0.307 e. The zero-order valence-electron chi connectivity index (χ0n) is 15.7. The summed E-state index contributed by atoms with van der Waals surface area (Å²) in [6, 6.07) is 26.2. The molecule has 0 spiro atoms. The summed E-state index contributed by atoms with van der Waals surface area (Å²) >= 11 is 0. The van der Waals surface area contributed by atoms with Gasteiger partial charge in [0.15, 0.2) is 5.82 Å². The highest BCUT2D eigenvalue weighted by Crippen LogP contribution is 2.23. The number of hydrogen-bond acceptors (Lipinski definition) is 5. The van der Waals surface area contributed by atoms with E-state index in [0.717, 1.165) is 16.9 Å². The van der Waals surface area contributed by atoms with Crippen molar-refractivity contribution in [3.8, 4) is 11.4 Å². The molecule has 0 atom stereocenters. The van der Waals surface area contributed by atoms with Crippen molar-refractivity contribution in [1.29, 1.82) is 0 Å². The van der Waals surface area contributed by atoms with E-state index in [0.29, 0.717) is 11.5 Å². The highest BCUT2D eigenvalue weighted by atomic mass is 16.2. The van der Waals surface area contributed by atoms with Gasteiger partial charge in [0.25, 0.3) is 0 Å². The van der Waals surface area contributed by atoms with Crippen LogP contribution in [-0.2, 0) is 7.05 Å². The summed E-state index contributed by atoms with van der Waals surface area (Å²) in [5.41, 5.74) is 6.02. The second-order valence-electron chi connectivity index (χ2n) is 6.28. The monoisotopic (exact) mass is 385 g/mol. The Bertz CT molecular complexity index is 1060. The molecule has 8 nitrogen and oxygen atoms in total. The van der Waals surface area contributed by atoms with Gasteiger partial charge in [0.05, 0.1) is 11.4 Å². The van der Waals surface area contributed by atoms with Gasteiger partial charge in [0.2, 0.25) is 0 Å². The maximum Gasteiger partial charge on any atom is 0.338 e. The first-order valence-electron chi connectivity index (χ1n) is 9.01. The summed E-state index contributed by atoms with van der Waals surface area (Å²) in [5, 5.41) is 16.1. The van der Waals surface area contributed by atoms with Crippen molar-refractivity contribution < 1.29 is 4.79 Å². The number of benzene rings is 3. The van der Waals surface area contributed by atoms with E-state index in [4.69, 9.17) is 0 Å². The Hall–Kier alpha value is -4.20. The van der Waals surface area contributed by atoms with E-state index in [1.807, 2.05) is 84.9 Å². The van der Waals surface area contributed by atoms with Crippen molar-refractivity contribution in [2.24, 2.45) is 7.05 Å². The number of hydrazine groups is 1. The number of carbonyl (C=O) groups excluding carboxylic acids is 1. The molecule has 0 aliphatic heterocycles. The van der Waals surface area contributed by atoms with Gasteiger partial charge in [-0.25, -0.2) is 14.9 Å². The quantitative estimate of drug-likeness (QED) is 0.511. The standard InChI is InChI=1S/C21H19N7O/c1-27-20(23-25-26-27)16-9-8-10-17(15-16)22-21(29)24-28(18-11-4-2-5-12-18)19-13-6-3-7-14-19/h2-15H,1H3,(H2,22,24,29). The van der Waals surface area contributed by atoms with Crippen molar-refractivity contribution in [2.45, 2.75) is 0 Å². The lowest BCUT2D eigenvalue weighted by Gasteiger charge is -2.25. The number of urea groups is 1. The van der Waals surface area contributed by atoms with Crippen LogP contribution < -0.4 is 15.8 Å². The normalized spacial score (nSPS) is 10.4. The summed E-state index contributed by atoms with van der Waals surface area (Å²) < 4.78 is 1.58. The third kappa shape index (κ3) is 4.22. The maximum absolute atomic E-state index is 12.7. The highest BCUT2D eigenvalue weighted by Gasteiger charge is 2.13. The van der Waals surface area contributed by atoms with Gasteiger partial charge in [-0.05, 0) is 46.8 Å². The summed E-state index contributed by atoms with van der Waals surface area (Å²) in [5.74, 6) is 0.615. The van der Waals surface area contributed by atoms with Crippen LogP contribution >= 0.6 is 0 Å². The molecule has 0 fully saturated rings. The predicted molar refractivity (Wildman–Crippen MR) is 111 cm³/mol. The molecular weight excluding hydrogens is 366 g/mol. The number of carbonyl (C=O) groups is 1. The Balaban J connectivity index is 1.54. The van der Waals surface area contributed by atoms with Gasteiger partial charge in [-0.15, -0.1) is 5.10 Å². The van der Waals surface area contributed by atoms with Crippen molar-refractivity contribution in [3.05, 3.63) is 84.9 Å². The zero-order chi connectivity index (χ0) is 20.1. The minimum absolute atomic E-state index is 0.369. The topological polar surface area (TPSA) is 88.0 Å². The number of nitrogens with zero attached hydrogens (tertiary/aromatic N) is 5. The lowest BCUT2D eigenvalue weighted by atomic mass is 10.2. The van der Waals surface area contributed by atoms with E-state index >= 15 is 0 Å².